The summed E-state index contributed by atoms with van der Waals surface area (Å²) in [6.07, 6.45) is -13.8. The van der Waals surface area contributed by atoms with Crippen molar-refractivity contribution in [1.82, 2.24) is 0 Å². The lowest BCUT2D eigenvalue weighted by Crippen LogP contribution is -2.61. The first-order valence-corrected chi connectivity index (χ1v) is 6.85. The molecule has 0 aromatic heterocycles. The predicted octanol–water partition coefficient (Wildman–Crippen LogP) is -5.55. The Balaban J connectivity index is 2.91. The van der Waals surface area contributed by atoms with Crippen molar-refractivity contribution in [3.05, 3.63) is 0 Å². The Labute approximate surface area is 130 Å². The molecule has 0 amide bonds. The number of ether oxygens (including phenoxy) is 2. The quantitative estimate of drug-likeness (QED) is 0.209. The van der Waals surface area contributed by atoms with Gasteiger partial charge in [-0.3, -0.25) is 4.79 Å². The lowest BCUT2D eigenvalue weighted by atomic mass is 9.98. The van der Waals surface area contributed by atoms with Crippen LogP contribution in [0.5, 0.6) is 0 Å². The number of aliphatic hydroxyl groups excluding tert-OH is 8. The first-order valence-electron chi connectivity index (χ1n) is 6.85. The van der Waals surface area contributed by atoms with E-state index in [-0.39, 0.29) is 0 Å². The molecule has 11 heteroatoms. The van der Waals surface area contributed by atoms with Crippen molar-refractivity contribution in [2.24, 2.45) is 0 Å². The molecule has 0 aliphatic carbocycles. The fourth-order valence-corrected chi connectivity index (χ4v) is 2.09. The average Bonchev–Trinajstić information content (AvgIpc) is 2.57. The molecule has 1 heterocycles. The number of carbonyl (C=O) groups is 1. The van der Waals surface area contributed by atoms with Crippen LogP contribution in [0.1, 0.15) is 0 Å². The van der Waals surface area contributed by atoms with E-state index in [0.29, 0.717) is 0 Å². The van der Waals surface area contributed by atoms with Crippen molar-refractivity contribution in [1.29, 1.82) is 0 Å². The van der Waals surface area contributed by atoms with Crippen LogP contribution in [-0.2, 0) is 14.3 Å². The van der Waals surface area contributed by atoms with Crippen LogP contribution < -0.4 is 0 Å². The number of hydrogen-bond acceptors (Lipinski definition) is 11. The van der Waals surface area contributed by atoms with Gasteiger partial charge in [0, 0.05) is 0 Å². The molecule has 8 atom stereocenters. The zero-order valence-corrected chi connectivity index (χ0v) is 12.0. The summed E-state index contributed by atoms with van der Waals surface area (Å²) >= 11 is 0. The number of Topliss-reactive ketones (excluding diaryl/α,β-unsaturated/α-hetero) is 1. The summed E-state index contributed by atoms with van der Waals surface area (Å²) in [4.78, 5) is 11.3. The fraction of sp³-hybridized carbons (Fsp3) is 0.917. The van der Waals surface area contributed by atoms with Gasteiger partial charge in [0.15, 0.2) is 12.1 Å². The van der Waals surface area contributed by atoms with Gasteiger partial charge in [0.25, 0.3) is 0 Å². The standard InChI is InChI=1S/C12H22O11/c13-1-4(16)7(18)11(5(17)2-14)23-12-10(21)9(20)8(19)6(3-15)22-12/h5-15,17-21H,1-3H2/t5-,6-,7+,8+,9+,10-,11+,12+/m1/s1. The van der Waals surface area contributed by atoms with Crippen LogP contribution >= 0.6 is 0 Å². The SMILES string of the molecule is O=C(CO)[C@H](O)[C@@H](O[C@@H]1O[C@H](CO)[C@H](O)[C@H](O)[C@H]1O)[C@H](O)CO. The van der Waals surface area contributed by atoms with Crippen molar-refractivity contribution >= 4 is 5.78 Å². The second-order valence-corrected chi connectivity index (χ2v) is 5.12. The molecule has 1 saturated heterocycles. The Kier molecular flexibility index (Phi) is 7.89. The molecular formula is C12H22O11. The maximum absolute atomic E-state index is 11.3. The Bertz CT molecular complexity index is 376. The normalized spacial score (nSPS) is 35.6. The third-order valence-electron chi connectivity index (χ3n) is 3.50. The van der Waals surface area contributed by atoms with Gasteiger partial charge in [-0.1, -0.05) is 0 Å². The summed E-state index contributed by atoms with van der Waals surface area (Å²) in [7, 11) is 0. The van der Waals surface area contributed by atoms with E-state index < -0.39 is 74.6 Å². The number of rotatable bonds is 8. The summed E-state index contributed by atoms with van der Waals surface area (Å²) in [5.74, 6) is -1.12. The van der Waals surface area contributed by atoms with E-state index in [1.807, 2.05) is 0 Å². The molecule has 0 unspecified atom stereocenters. The lowest BCUT2D eigenvalue weighted by molar-refractivity contribution is -0.323. The van der Waals surface area contributed by atoms with Crippen LogP contribution in [0.3, 0.4) is 0 Å². The molecule has 0 radical (unpaired) electrons. The van der Waals surface area contributed by atoms with Crippen LogP contribution in [-0.4, -0.2) is 115 Å². The van der Waals surface area contributed by atoms with Gasteiger partial charge in [-0.05, 0) is 0 Å². The van der Waals surface area contributed by atoms with Crippen molar-refractivity contribution in [2.75, 3.05) is 19.8 Å². The zero-order chi connectivity index (χ0) is 17.7. The number of carbonyl (C=O) groups excluding carboxylic acids is 1. The van der Waals surface area contributed by atoms with Crippen LogP contribution in [0.4, 0.5) is 0 Å². The topological polar surface area (TPSA) is 197 Å². The highest BCUT2D eigenvalue weighted by Gasteiger charge is 2.46. The minimum absolute atomic E-state index is 0.726. The maximum Gasteiger partial charge on any atom is 0.189 e. The molecule has 1 aliphatic rings. The molecule has 136 valence electrons. The van der Waals surface area contributed by atoms with Gasteiger partial charge in [0.2, 0.25) is 0 Å². The first-order chi connectivity index (χ1) is 10.8. The summed E-state index contributed by atoms with van der Waals surface area (Å²) < 4.78 is 10.1. The third kappa shape index (κ3) is 4.64. The van der Waals surface area contributed by atoms with Crippen LogP contribution in [0, 0.1) is 0 Å². The Morgan fingerprint density at radius 1 is 1.04 bits per heavy atom. The van der Waals surface area contributed by atoms with E-state index in [1.54, 1.807) is 0 Å². The van der Waals surface area contributed by atoms with Gasteiger partial charge in [-0.2, -0.15) is 0 Å². The van der Waals surface area contributed by atoms with Gasteiger partial charge in [-0.25, -0.2) is 0 Å². The van der Waals surface area contributed by atoms with Crippen molar-refractivity contribution < 1.29 is 55.1 Å². The molecular weight excluding hydrogens is 320 g/mol. The molecule has 8 N–H and O–H groups in total. The Morgan fingerprint density at radius 2 is 1.65 bits per heavy atom. The van der Waals surface area contributed by atoms with E-state index in [9.17, 15) is 30.3 Å². The zero-order valence-electron chi connectivity index (χ0n) is 12.0. The molecule has 0 spiro atoms. The maximum atomic E-state index is 11.3. The van der Waals surface area contributed by atoms with Gasteiger partial charge < -0.3 is 50.3 Å². The van der Waals surface area contributed by atoms with Crippen LogP contribution in [0.25, 0.3) is 0 Å². The molecule has 11 nitrogen and oxygen atoms in total. The fourth-order valence-electron chi connectivity index (χ4n) is 2.09. The summed E-state index contributed by atoms with van der Waals surface area (Å²) in [6.45, 7) is -2.71. The van der Waals surface area contributed by atoms with E-state index >= 15 is 0 Å². The van der Waals surface area contributed by atoms with Crippen LogP contribution in [0.2, 0.25) is 0 Å². The van der Waals surface area contributed by atoms with E-state index in [1.165, 1.54) is 0 Å². The number of aliphatic hydroxyl groups is 8. The third-order valence-corrected chi connectivity index (χ3v) is 3.50. The van der Waals surface area contributed by atoms with Crippen molar-refractivity contribution in [3.63, 3.8) is 0 Å². The minimum Gasteiger partial charge on any atom is -0.394 e. The minimum atomic E-state index is -2.05. The van der Waals surface area contributed by atoms with Crippen molar-refractivity contribution in [2.45, 2.75) is 49.0 Å². The van der Waals surface area contributed by atoms with Gasteiger partial charge in [-0.15, -0.1) is 0 Å². The average molecular weight is 342 g/mol. The Hall–Kier alpha value is -0.730. The second-order valence-electron chi connectivity index (χ2n) is 5.12. The smallest absolute Gasteiger partial charge is 0.189 e. The summed E-state index contributed by atoms with van der Waals surface area (Å²) in [5.41, 5.74) is 0. The molecule has 1 fully saturated rings. The van der Waals surface area contributed by atoms with Gasteiger partial charge in [0.05, 0.1) is 13.2 Å². The highest BCUT2D eigenvalue weighted by atomic mass is 16.7. The first kappa shape index (κ1) is 20.3. The molecule has 23 heavy (non-hydrogen) atoms. The molecule has 0 aromatic rings. The van der Waals surface area contributed by atoms with E-state index in [4.69, 9.17) is 24.8 Å². The molecule has 0 aromatic carbocycles. The van der Waals surface area contributed by atoms with Gasteiger partial charge in [0.1, 0.15) is 49.3 Å². The molecule has 0 bridgehead atoms. The number of hydrogen-bond donors (Lipinski definition) is 8. The second kappa shape index (κ2) is 8.94. The largest absolute Gasteiger partial charge is 0.394 e. The summed E-state index contributed by atoms with van der Waals surface area (Å²) in [5, 5.41) is 75.1. The van der Waals surface area contributed by atoms with Crippen molar-refractivity contribution in [3.8, 4) is 0 Å². The molecule has 0 saturated carbocycles. The van der Waals surface area contributed by atoms with E-state index in [0.717, 1.165) is 0 Å². The highest BCUT2D eigenvalue weighted by Crippen LogP contribution is 2.24. The molecule has 1 aliphatic heterocycles. The van der Waals surface area contributed by atoms with Crippen LogP contribution in [0.15, 0.2) is 0 Å². The summed E-state index contributed by atoms with van der Waals surface area (Å²) in [6, 6.07) is 0. The highest BCUT2D eigenvalue weighted by molar-refractivity contribution is 5.84. The monoisotopic (exact) mass is 342 g/mol. The predicted molar refractivity (Wildman–Crippen MR) is 69.8 cm³/mol. The lowest BCUT2D eigenvalue weighted by Gasteiger charge is -2.41. The van der Waals surface area contributed by atoms with Gasteiger partial charge >= 0.3 is 0 Å². The molecule has 1 rings (SSSR count). The van der Waals surface area contributed by atoms with E-state index in [2.05, 4.69) is 0 Å². The number of ketones is 1. The Morgan fingerprint density at radius 3 is 2.13 bits per heavy atom.